The van der Waals surface area contributed by atoms with E-state index < -0.39 is 37.5 Å². The number of rotatable bonds is 40. The van der Waals surface area contributed by atoms with Crippen LogP contribution in [0.4, 0.5) is 0 Å². The second kappa shape index (κ2) is 35.9. The van der Waals surface area contributed by atoms with Gasteiger partial charge in [-0.1, -0.05) is 133 Å². The Morgan fingerprint density at radius 2 is 0.300 bits per heavy atom. The Hall–Kier alpha value is 0.750. The van der Waals surface area contributed by atoms with Gasteiger partial charge in [-0.3, -0.25) is 50.9 Å². The minimum Gasteiger partial charge on any atom is -0.253 e. The molecule has 0 bridgehead atoms. The highest BCUT2D eigenvalue weighted by molar-refractivity contribution is 7.84. The standard InChI is InChI=1S/C40H100N15P5/c1-11-21-31-41-56(42-32-22-12-2)51-57(43-33-23-13-3,44-34-24-14-4)53-59(47-37-27-17-7,48-38-28-18-8)55-60(49-39-29-19-9,50-40-30-20-10)54-58(52-56,45-35-25-15-5)46-36-26-16-6/h41-50H,11-40H2,1-10H3. The van der Waals surface area contributed by atoms with Crippen molar-refractivity contribution in [1.82, 2.24) is 50.9 Å². The van der Waals surface area contributed by atoms with Gasteiger partial charge < -0.3 is 0 Å². The lowest BCUT2D eigenvalue weighted by Gasteiger charge is -2.38. The molecule has 0 spiro atoms. The first-order valence-electron chi connectivity index (χ1n) is 24.8. The van der Waals surface area contributed by atoms with Crippen LogP contribution in [0.25, 0.3) is 0 Å². The van der Waals surface area contributed by atoms with E-state index in [1.54, 1.807) is 0 Å². The van der Waals surface area contributed by atoms with E-state index in [-0.39, 0.29) is 0 Å². The average Bonchev–Trinajstić information content (AvgIpc) is 3.22. The van der Waals surface area contributed by atoms with Gasteiger partial charge in [-0.05, 0) is 64.2 Å². The molecule has 0 amide bonds. The lowest BCUT2D eigenvalue weighted by molar-refractivity contribution is 0.723. The smallest absolute Gasteiger partial charge is 0.215 e. The summed E-state index contributed by atoms with van der Waals surface area (Å²) in [7, 11) is -14.8. The molecule has 15 nitrogen and oxygen atoms in total. The first-order valence-corrected chi connectivity index (χ1v) is 33.3. The normalized spacial score (nSPS) is 17.8. The van der Waals surface area contributed by atoms with Crippen molar-refractivity contribution in [2.24, 2.45) is 22.6 Å². The molecule has 1 aliphatic rings. The molecule has 0 saturated heterocycles. The van der Waals surface area contributed by atoms with E-state index in [1.165, 1.54) is 0 Å². The number of hydrogen-bond donors (Lipinski definition) is 10. The Balaban J connectivity index is 5.17. The van der Waals surface area contributed by atoms with Crippen LogP contribution in [0.2, 0.25) is 0 Å². The summed E-state index contributed by atoms with van der Waals surface area (Å²) >= 11 is 0. The van der Waals surface area contributed by atoms with Crippen molar-refractivity contribution in [2.45, 2.75) is 198 Å². The van der Waals surface area contributed by atoms with Crippen LogP contribution in [-0.2, 0) is 0 Å². The van der Waals surface area contributed by atoms with E-state index in [1.807, 2.05) is 0 Å². The molecular weight excluding hydrogens is 845 g/mol. The predicted octanol–water partition coefficient (Wildman–Crippen LogP) is 13.6. The molecule has 0 aromatic heterocycles. The van der Waals surface area contributed by atoms with Gasteiger partial charge in [-0.15, -0.1) is 0 Å². The maximum Gasteiger partial charge on any atom is 0.215 e. The van der Waals surface area contributed by atoms with Crippen molar-refractivity contribution < 1.29 is 0 Å². The van der Waals surface area contributed by atoms with E-state index in [0.717, 1.165) is 194 Å². The summed E-state index contributed by atoms with van der Waals surface area (Å²) in [5.41, 5.74) is 0. The predicted molar refractivity (Wildman–Crippen MR) is 276 cm³/mol. The molecule has 0 unspecified atom stereocenters. The van der Waals surface area contributed by atoms with Gasteiger partial charge in [-0.2, -0.15) is 22.6 Å². The van der Waals surface area contributed by atoms with Crippen molar-refractivity contribution in [3.63, 3.8) is 0 Å². The number of nitrogens with zero attached hydrogens (tertiary/aromatic N) is 5. The molecular formula is C40H100N15P5. The number of unbranched alkanes of at least 4 members (excludes halogenated alkanes) is 10. The maximum absolute atomic E-state index is 6.18. The van der Waals surface area contributed by atoms with Crippen LogP contribution >= 0.6 is 37.5 Å². The molecule has 1 aliphatic heterocycles. The molecule has 10 N–H and O–H groups in total. The SMILES string of the molecule is CCCCNP1(NCCCC)=NP(NCCCC)(NCCCC)=NP(NCCCC)(NCCCC)=NP(NCCCC)(NCCCC)=NP(NCCCC)(NCCCC)=N1. The van der Waals surface area contributed by atoms with E-state index in [2.05, 4.69) is 120 Å². The van der Waals surface area contributed by atoms with Crippen molar-refractivity contribution in [1.29, 1.82) is 0 Å². The van der Waals surface area contributed by atoms with Crippen LogP contribution in [0.3, 0.4) is 0 Å². The van der Waals surface area contributed by atoms with Crippen LogP contribution in [-0.4, -0.2) is 65.4 Å². The van der Waals surface area contributed by atoms with Crippen molar-refractivity contribution in [2.75, 3.05) is 65.4 Å². The third kappa shape index (κ3) is 23.8. The van der Waals surface area contributed by atoms with Gasteiger partial charge in [0.15, 0.2) is 0 Å². The second-order valence-electron chi connectivity index (χ2n) is 16.1. The molecule has 1 rings (SSSR count). The Labute approximate surface area is 372 Å². The van der Waals surface area contributed by atoms with E-state index in [4.69, 9.17) is 22.6 Å². The fraction of sp³-hybridized carbons (Fsp3) is 1.00. The van der Waals surface area contributed by atoms with Gasteiger partial charge in [0.25, 0.3) is 0 Å². The van der Waals surface area contributed by atoms with Crippen LogP contribution in [0.15, 0.2) is 22.6 Å². The maximum atomic E-state index is 6.18. The molecule has 0 fully saturated rings. The zero-order valence-electron chi connectivity index (χ0n) is 40.7. The summed E-state index contributed by atoms with van der Waals surface area (Å²) < 4.78 is 30.9. The van der Waals surface area contributed by atoms with E-state index >= 15 is 0 Å². The van der Waals surface area contributed by atoms with Gasteiger partial charge in [0, 0.05) is 65.4 Å². The Bertz CT molecular complexity index is 1030. The minimum absolute atomic E-state index is 0.808. The summed E-state index contributed by atoms with van der Waals surface area (Å²) in [6.07, 6.45) is 21.1. The summed E-state index contributed by atoms with van der Waals surface area (Å²) in [6, 6.07) is 0. The molecule has 0 aliphatic carbocycles. The first kappa shape index (κ1) is 58.8. The lowest BCUT2D eigenvalue weighted by Crippen LogP contribution is -2.32. The fourth-order valence-corrected chi connectivity index (χ4v) is 26.2. The topological polar surface area (TPSA) is 182 Å². The minimum atomic E-state index is -2.95. The molecule has 20 heteroatoms. The summed E-state index contributed by atoms with van der Waals surface area (Å²) in [5, 5.41) is 41.0. The van der Waals surface area contributed by atoms with Gasteiger partial charge in [0.05, 0.1) is 0 Å². The zero-order chi connectivity index (χ0) is 44.3. The third-order valence-corrected chi connectivity index (χ3v) is 26.9. The highest BCUT2D eigenvalue weighted by Gasteiger charge is 2.37. The molecule has 0 atom stereocenters. The van der Waals surface area contributed by atoms with Crippen molar-refractivity contribution in [3.8, 4) is 0 Å². The Kier molecular flexibility index (Phi) is 35.2. The molecule has 0 aromatic rings. The lowest BCUT2D eigenvalue weighted by atomic mass is 10.3. The Morgan fingerprint density at radius 1 is 0.200 bits per heavy atom. The van der Waals surface area contributed by atoms with Crippen LogP contribution < -0.4 is 50.9 Å². The molecule has 0 radical (unpaired) electrons. The highest BCUT2D eigenvalue weighted by Crippen LogP contribution is 2.71. The highest BCUT2D eigenvalue weighted by atomic mass is 31.3. The fourth-order valence-electron chi connectivity index (χ4n) is 6.06. The molecule has 360 valence electrons. The molecule has 0 aromatic carbocycles. The molecule has 60 heavy (non-hydrogen) atoms. The first-order chi connectivity index (χ1) is 29.1. The average molecular weight is 946 g/mol. The second-order valence-corrected chi connectivity index (χ2v) is 28.8. The summed E-state index contributed by atoms with van der Waals surface area (Å²) in [5.74, 6) is 0. The van der Waals surface area contributed by atoms with Crippen LogP contribution in [0, 0.1) is 0 Å². The van der Waals surface area contributed by atoms with Crippen molar-refractivity contribution >= 4 is 37.5 Å². The van der Waals surface area contributed by atoms with Gasteiger partial charge in [0.1, 0.15) is 0 Å². The van der Waals surface area contributed by atoms with Crippen LogP contribution in [0.5, 0.6) is 0 Å². The zero-order valence-corrected chi connectivity index (χ0v) is 45.2. The van der Waals surface area contributed by atoms with Crippen LogP contribution in [0.1, 0.15) is 198 Å². The third-order valence-electron chi connectivity index (χ3n) is 9.92. The molecule has 0 saturated carbocycles. The van der Waals surface area contributed by atoms with E-state index in [0.29, 0.717) is 0 Å². The van der Waals surface area contributed by atoms with Gasteiger partial charge >= 0.3 is 0 Å². The van der Waals surface area contributed by atoms with Gasteiger partial charge in [0.2, 0.25) is 37.5 Å². The summed E-state index contributed by atoms with van der Waals surface area (Å²) in [6.45, 7) is 30.7. The Morgan fingerprint density at radius 3 is 0.383 bits per heavy atom. The van der Waals surface area contributed by atoms with Crippen molar-refractivity contribution in [3.05, 3.63) is 0 Å². The molecule has 1 heterocycles. The quantitative estimate of drug-likeness (QED) is 0.0210. The van der Waals surface area contributed by atoms with E-state index in [9.17, 15) is 0 Å². The number of nitrogens with one attached hydrogen (secondary N) is 10. The number of hydrogen-bond acceptors (Lipinski definition) is 15. The monoisotopic (exact) mass is 946 g/mol. The summed E-state index contributed by atoms with van der Waals surface area (Å²) in [4.78, 5) is 0. The largest absolute Gasteiger partial charge is 0.253 e. The van der Waals surface area contributed by atoms with Gasteiger partial charge in [-0.25, -0.2) is 0 Å².